The highest BCUT2D eigenvalue weighted by Gasteiger charge is 2.01. The lowest BCUT2D eigenvalue weighted by atomic mass is 10.2. The van der Waals surface area contributed by atoms with E-state index in [2.05, 4.69) is 22.5 Å². The third kappa shape index (κ3) is 5.08. The third-order valence-electron chi connectivity index (χ3n) is 3.35. The van der Waals surface area contributed by atoms with Gasteiger partial charge in [0.15, 0.2) is 0 Å². The predicted molar refractivity (Wildman–Crippen MR) is 95.8 cm³/mol. The number of nitrogens with zero attached hydrogens (tertiary/aromatic N) is 1. The summed E-state index contributed by atoms with van der Waals surface area (Å²) in [6.45, 7) is 2.25. The lowest BCUT2D eigenvalue weighted by molar-refractivity contribution is 0.253. The molecule has 0 radical (unpaired) electrons. The summed E-state index contributed by atoms with van der Waals surface area (Å²) < 4.78 is 0. The summed E-state index contributed by atoms with van der Waals surface area (Å²) in [6.07, 6.45) is 0. The standard InChI is InChI=1S/C19H21N3O/c1-15-7-4-5-9-18(15)21-19(23)20-14-6-8-16-10-12-17(13-11-16)22(2)3/h4-5,7,9-13H,14H2,1-3H3,(H2,20,21,23). The van der Waals surface area contributed by atoms with E-state index in [0.717, 1.165) is 22.5 Å². The van der Waals surface area contributed by atoms with Crippen molar-refractivity contribution >= 4 is 17.4 Å². The second-order valence-electron chi connectivity index (χ2n) is 5.37. The zero-order chi connectivity index (χ0) is 16.7. The van der Waals surface area contributed by atoms with Crippen molar-refractivity contribution in [3.63, 3.8) is 0 Å². The first-order valence-corrected chi connectivity index (χ1v) is 7.43. The molecule has 4 heteroatoms. The molecule has 2 N–H and O–H groups in total. The first-order chi connectivity index (χ1) is 11.1. The van der Waals surface area contributed by atoms with Gasteiger partial charge in [0.2, 0.25) is 0 Å². The van der Waals surface area contributed by atoms with Crippen LogP contribution in [-0.4, -0.2) is 26.7 Å². The molecule has 2 rings (SSSR count). The van der Waals surface area contributed by atoms with Crippen LogP contribution < -0.4 is 15.5 Å². The van der Waals surface area contributed by atoms with Crippen molar-refractivity contribution < 1.29 is 4.79 Å². The number of benzene rings is 2. The summed E-state index contributed by atoms with van der Waals surface area (Å²) in [5, 5.41) is 5.53. The summed E-state index contributed by atoms with van der Waals surface area (Å²) in [5.41, 5.74) is 3.88. The highest BCUT2D eigenvalue weighted by atomic mass is 16.2. The average molecular weight is 307 g/mol. The van der Waals surface area contributed by atoms with Crippen molar-refractivity contribution in [2.75, 3.05) is 30.9 Å². The van der Waals surface area contributed by atoms with E-state index in [4.69, 9.17) is 0 Å². The molecule has 118 valence electrons. The summed E-state index contributed by atoms with van der Waals surface area (Å²) in [5.74, 6) is 5.98. The van der Waals surface area contributed by atoms with Crippen molar-refractivity contribution in [1.82, 2.24) is 5.32 Å². The van der Waals surface area contributed by atoms with Crippen LogP contribution in [0.25, 0.3) is 0 Å². The average Bonchev–Trinajstić information content (AvgIpc) is 2.54. The van der Waals surface area contributed by atoms with E-state index < -0.39 is 0 Å². The number of aryl methyl sites for hydroxylation is 1. The van der Waals surface area contributed by atoms with Crippen LogP contribution in [0.3, 0.4) is 0 Å². The first kappa shape index (κ1) is 16.4. The lowest BCUT2D eigenvalue weighted by Gasteiger charge is -2.11. The Morgan fingerprint density at radius 3 is 2.43 bits per heavy atom. The minimum absolute atomic E-state index is 0.253. The number of urea groups is 1. The molecule has 23 heavy (non-hydrogen) atoms. The molecule has 0 atom stereocenters. The molecule has 2 aromatic carbocycles. The van der Waals surface area contributed by atoms with Gasteiger partial charge >= 0.3 is 6.03 Å². The number of rotatable bonds is 3. The Hall–Kier alpha value is -2.93. The number of anilines is 2. The molecule has 4 nitrogen and oxygen atoms in total. The fourth-order valence-corrected chi connectivity index (χ4v) is 1.99. The number of para-hydroxylation sites is 1. The number of hydrogen-bond donors (Lipinski definition) is 2. The molecule has 0 aliphatic rings. The maximum absolute atomic E-state index is 11.8. The molecule has 0 heterocycles. The number of hydrogen-bond acceptors (Lipinski definition) is 2. The quantitative estimate of drug-likeness (QED) is 0.855. The van der Waals surface area contributed by atoms with E-state index in [1.165, 1.54) is 0 Å². The minimum atomic E-state index is -0.253. The van der Waals surface area contributed by atoms with Crippen molar-refractivity contribution in [3.8, 4) is 11.8 Å². The maximum atomic E-state index is 11.8. The normalized spacial score (nSPS) is 9.52. The summed E-state index contributed by atoms with van der Waals surface area (Å²) >= 11 is 0. The molecule has 2 aromatic rings. The molecular weight excluding hydrogens is 286 g/mol. The molecule has 0 unspecified atom stereocenters. The van der Waals surface area contributed by atoms with Crippen molar-refractivity contribution in [2.24, 2.45) is 0 Å². The second kappa shape index (κ2) is 7.90. The molecule has 0 fully saturated rings. The van der Waals surface area contributed by atoms with Crippen LogP contribution in [-0.2, 0) is 0 Å². The van der Waals surface area contributed by atoms with E-state index in [0.29, 0.717) is 6.54 Å². The molecule has 2 amide bonds. The Kier molecular flexibility index (Phi) is 5.65. The molecule has 0 bridgehead atoms. The van der Waals surface area contributed by atoms with E-state index in [-0.39, 0.29) is 6.03 Å². The van der Waals surface area contributed by atoms with E-state index >= 15 is 0 Å². The van der Waals surface area contributed by atoms with Crippen LogP contribution in [0.1, 0.15) is 11.1 Å². The zero-order valence-electron chi connectivity index (χ0n) is 13.7. The van der Waals surface area contributed by atoms with Gasteiger partial charge in [-0.05, 0) is 42.8 Å². The van der Waals surface area contributed by atoms with Crippen molar-refractivity contribution in [1.29, 1.82) is 0 Å². The fraction of sp³-hybridized carbons (Fsp3) is 0.211. The van der Waals surface area contributed by atoms with Gasteiger partial charge in [0.05, 0.1) is 6.54 Å². The maximum Gasteiger partial charge on any atom is 0.320 e. The van der Waals surface area contributed by atoms with Gasteiger partial charge in [0.25, 0.3) is 0 Å². The Morgan fingerprint density at radius 2 is 1.78 bits per heavy atom. The SMILES string of the molecule is Cc1ccccc1NC(=O)NCC#Cc1ccc(N(C)C)cc1. The number of carbonyl (C=O) groups is 1. The zero-order valence-corrected chi connectivity index (χ0v) is 13.7. The second-order valence-corrected chi connectivity index (χ2v) is 5.37. The Bertz CT molecular complexity index is 724. The van der Waals surface area contributed by atoms with Crippen LogP contribution >= 0.6 is 0 Å². The smallest absolute Gasteiger partial charge is 0.320 e. The third-order valence-corrected chi connectivity index (χ3v) is 3.35. The molecule has 0 saturated heterocycles. The van der Waals surface area contributed by atoms with Crippen molar-refractivity contribution in [2.45, 2.75) is 6.92 Å². The van der Waals surface area contributed by atoms with Gasteiger partial charge in [-0.25, -0.2) is 4.79 Å². The monoisotopic (exact) mass is 307 g/mol. The largest absolute Gasteiger partial charge is 0.378 e. The van der Waals surface area contributed by atoms with Gasteiger partial charge in [-0.15, -0.1) is 0 Å². The number of nitrogens with one attached hydrogen (secondary N) is 2. The Morgan fingerprint density at radius 1 is 1.09 bits per heavy atom. The van der Waals surface area contributed by atoms with Gasteiger partial charge in [-0.2, -0.15) is 0 Å². The minimum Gasteiger partial charge on any atom is -0.378 e. The van der Waals surface area contributed by atoms with Gasteiger partial charge in [-0.3, -0.25) is 0 Å². The predicted octanol–water partition coefficient (Wildman–Crippen LogP) is 3.23. The van der Waals surface area contributed by atoms with Crippen LogP contribution in [0.5, 0.6) is 0 Å². The van der Waals surface area contributed by atoms with E-state index in [1.807, 2.05) is 74.4 Å². The highest BCUT2D eigenvalue weighted by molar-refractivity contribution is 5.90. The summed E-state index contributed by atoms with van der Waals surface area (Å²) in [4.78, 5) is 13.8. The van der Waals surface area contributed by atoms with Gasteiger partial charge in [0, 0.05) is 31.0 Å². The van der Waals surface area contributed by atoms with Gasteiger partial charge < -0.3 is 15.5 Å². The van der Waals surface area contributed by atoms with Crippen LogP contribution in [0.2, 0.25) is 0 Å². The Balaban J connectivity index is 1.83. The van der Waals surface area contributed by atoms with Crippen LogP contribution in [0, 0.1) is 18.8 Å². The molecular formula is C19H21N3O. The molecule has 0 aromatic heterocycles. The van der Waals surface area contributed by atoms with E-state index in [9.17, 15) is 4.79 Å². The van der Waals surface area contributed by atoms with Gasteiger partial charge in [0.1, 0.15) is 0 Å². The Labute approximate surface area is 137 Å². The lowest BCUT2D eigenvalue weighted by Crippen LogP contribution is -2.29. The molecule has 0 aliphatic carbocycles. The molecule has 0 aliphatic heterocycles. The van der Waals surface area contributed by atoms with Crippen molar-refractivity contribution in [3.05, 3.63) is 59.7 Å². The summed E-state index contributed by atoms with van der Waals surface area (Å²) in [6, 6.07) is 15.4. The van der Waals surface area contributed by atoms with Gasteiger partial charge in [-0.1, -0.05) is 30.0 Å². The van der Waals surface area contributed by atoms with Crippen LogP contribution in [0.4, 0.5) is 16.2 Å². The summed E-state index contributed by atoms with van der Waals surface area (Å²) in [7, 11) is 4.00. The molecule has 0 spiro atoms. The number of carbonyl (C=O) groups excluding carboxylic acids is 1. The van der Waals surface area contributed by atoms with Crippen LogP contribution in [0.15, 0.2) is 48.5 Å². The molecule has 0 saturated carbocycles. The number of amides is 2. The topological polar surface area (TPSA) is 44.4 Å². The fourth-order valence-electron chi connectivity index (χ4n) is 1.99. The highest BCUT2D eigenvalue weighted by Crippen LogP contribution is 2.12. The first-order valence-electron chi connectivity index (χ1n) is 7.43. The van der Waals surface area contributed by atoms with E-state index in [1.54, 1.807) is 0 Å².